The minimum Gasteiger partial charge on any atom is -0.280 e. The molecule has 2 aromatic carbocycles. The highest BCUT2D eigenvalue weighted by Gasteiger charge is 2.25. The van der Waals surface area contributed by atoms with Crippen molar-refractivity contribution in [1.82, 2.24) is 9.78 Å². The molecule has 0 unspecified atom stereocenters. The van der Waals surface area contributed by atoms with E-state index >= 15 is 0 Å². The molecule has 0 aliphatic heterocycles. The molecule has 136 valence electrons. The molecule has 0 aliphatic rings. The van der Waals surface area contributed by atoms with Gasteiger partial charge in [-0.25, -0.2) is 17.5 Å². The van der Waals surface area contributed by atoms with E-state index in [2.05, 4.69) is 9.82 Å². The zero-order chi connectivity index (χ0) is 18.9. The molecule has 3 aromatic rings. The molecule has 7 heteroatoms. The summed E-state index contributed by atoms with van der Waals surface area (Å²) in [5, 5.41) is 4.32. The average molecular weight is 373 g/mol. The monoisotopic (exact) mass is 373 g/mol. The zero-order valence-electron chi connectivity index (χ0n) is 14.8. The molecule has 1 heterocycles. The highest BCUT2D eigenvalue weighted by atomic mass is 32.2. The van der Waals surface area contributed by atoms with Crippen LogP contribution in [-0.4, -0.2) is 18.2 Å². The number of rotatable bonds is 5. The fourth-order valence-corrected chi connectivity index (χ4v) is 4.32. The van der Waals surface area contributed by atoms with Crippen LogP contribution in [-0.2, 0) is 16.4 Å². The van der Waals surface area contributed by atoms with Gasteiger partial charge in [-0.3, -0.25) is 4.72 Å². The van der Waals surface area contributed by atoms with Crippen molar-refractivity contribution in [3.63, 3.8) is 0 Å². The van der Waals surface area contributed by atoms with Gasteiger partial charge in [0.25, 0.3) is 10.0 Å². The predicted molar refractivity (Wildman–Crippen MR) is 99.6 cm³/mol. The molecule has 26 heavy (non-hydrogen) atoms. The maximum Gasteiger partial charge on any atom is 0.265 e. The molecule has 0 spiro atoms. The fraction of sp³-hybridized carbons (Fsp3) is 0.211. The predicted octanol–water partition coefficient (Wildman–Crippen LogP) is 3.99. The van der Waals surface area contributed by atoms with Gasteiger partial charge >= 0.3 is 0 Å². The zero-order valence-corrected chi connectivity index (χ0v) is 15.6. The first-order chi connectivity index (χ1) is 12.3. The largest absolute Gasteiger partial charge is 0.280 e. The van der Waals surface area contributed by atoms with Crippen molar-refractivity contribution in [2.45, 2.75) is 32.1 Å². The maximum absolute atomic E-state index is 13.1. The number of hydrogen-bond donors (Lipinski definition) is 1. The number of nitrogens with one attached hydrogen (secondary N) is 1. The SMILES string of the molecule is CCc1ccc(NS(=O)(=O)c2c(C)nn(-c3ccc(F)cc3)c2C)cc1. The molecule has 0 aliphatic carbocycles. The highest BCUT2D eigenvalue weighted by molar-refractivity contribution is 7.92. The summed E-state index contributed by atoms with van der Waals surface area (Å²) in [7, 11) is -3.80. The van der Waals surface area contributed by atoms with Gasteiger partial charge in [0, 0.05) is 5.69 Å². The summed E-state index contributed by atoms with van der Waals surface area (Å²) in [4.78, 5) is 0.126. The number of aryl methyl sites for hydroxylation is 2. The van der Waals surface area contributed by atoms with Crippen LogP contribution in [0.2, 0.25) is 0 Å². The molecule has 0 saturated heterocycles. The minimum atomic E-state index is -3.80. The smallest absolute Gasteiger partial charge is 0.265 e. The Kier molecular flexibility index (Phi) is 4.82. The molecule has 5 nitrogen and oxygen atoms in total. The standard InChI is InChI=1S/C19H20FN3O2S/c1-4-15-5-9-17(10-6-15)22-26(24,25)19-13(2)21-23(14(19)3)18-11-7-16(20)8-12-18/h5-12,22H,4H2,1-3H3. The maximum atomic E-state index is 13.1. The molecule has 0 amide bonds. The van der Waals surface area contributed by atoms with Gasteiger partial charge in [0.1, 0.15) is 10.7 Å². The number of nitrogens with zero attached hydrogens (tertiary/aromatic N) is 2. The molecule has 0 saturated carbocycles. The number of anilines is 1. The van der Waals surface area contributed by atoms with Crippen LogP contribution in [0.5, 0.6) is 0 Å². The summed E-state index contributed by atoms with van der Waals surface area (Å²) in [6.07, 6.45) is 0.885. The van der Waals surface area contributed by atoms with E-state index in [0.717, 1.165) is 12.0 Å². The van der Waals surface area contributed by atoms with Gasteiger partial charge in [-0.1, -0.05) is 19.1 Å². The molecule has 0 fully saturated rings. The molecular formula is C19H20FN3O2S. The number of halogens is 1. The minimum absolute atomic E-state index is 0.126. The van der Waals surface area contributed by atoms with Crippen LogP contribution in [0.15, 0.2) is 53.4 Å². The van der Waals surface area contributed by atoms with Crippen LogP contribution in [0, 0.1) is 19.7 Å². The lowest BCUT2D eigenvalue weighted by Gasteiger charge is -2.09. The van der Waals surface area contributed by atoms with E-state index in [9.17, 15) is 12.8 Å². The van der Waals surface area contributed by atoms with Crippen molar-refractivity contribution in [3.05, 3.63) is 71.3 Å². The lowest BCUT2D eigenvalue weighted by atomic mass is 10.2. The van der Waals surface area contributed by atoms with Gasteiger partial charge in [0.15, 0.2) is 0 Å². The van der Waals surface area contributed by atoms with E-state index < -0.39 is 10.0 Å². The molecule has 0 atom stereocenters. The Morgan fingerprint density at radius 3 is 2.23 bits per heavy atom. The van der Waals surface area contributed by atoms with E-state index in [1.54, 1.807) is 38.1 Å². The summed E-state index contributed by atoms with van der Waals surface area (Å²) in [5.74, 6) is -0.361. The van der Waals surface area contributed by atoms with Gasteiger partial charge in [0.05, 0.1) is 17.1 Å². The molecular weight excluding hydrogens is 353 g/mol. The third kappa shape index (κ3) is 3.48. The van der Waals surface area contributed by atoms with Gasteiger partial charge in [-0.05, 0) is 62.2 Å². The van der Waals surface area contributed by atoms with Gasteiger partial charge < -0.3 is 0 Å². The summed E-state index contributed by atoms with van der Waals surface area (Å²) in [6, 6.07) is 13.0. The Bertz CT molecular complexity index is 1020. The first kappa shape index (κ1) is 18.1. The first-order valence-electron chi connectivity index (χ1n) is 8.25. The first-order valence-corrected chi connectivity index (χ1v) is 9.74. The Morgan fingerprint density at radius 1 is 1.04 bits per heavy atom. The topological polar surface area (TPSA) is 64.0 Å². The second kappa shape index (κ2) is 6.92. The van der Waals surface area contributed by atoms with Crippen LogP contribution in [0.4, 0.5) is 10.1 Å². The van der Waals surface area contributed by atoms with Crippen LogP contribution in [0.3, 0.4) is 0 Å². The number of aromatic nitrogens is 2. The van der Waals surface area contributed by atoms with Gasteiger partial charge in [-0.15, -0.1) is 0 Å². The summed E-state index contributed by atoms with van der Waals surface area (Å²) < 4.78 is 43.0. The summed E-state index contributed by atoms with van der Waals surface area (Å²) in [5.41, 5.74) is 3.07. The number of hydrogen-bond acceptors (Lipinski definition) is 3. The fourth-order valence-electron chi connectivity index (χ4n) is 2.87. The Labute approximate surface area is 152 Å². The van der Waals surface area contributed by atoms with Crippen LogP contribution < -0.4 is 4.72 Å². The molecule has 0 radical (unpaired) electrons. The summed E-state index contributed by atoms with van der Waals surface area (Å²) >= 11 is 0. The van der Waals surface area contributed by atoms with E-state index in [0.29, 0.717) is 22.8 Å². The second-order valence-corrected chi connectivity index (χ2v) is 7.66. The van der Waals surface area contributed by atoms with Crippen molar-refractivity contribution < 1.29 is 12.8 Å². The average Bonchev–Trinajstić information content (AvgIpc) is 2.91. The second-order valence-electron chi connectivity index (χ2n) is 6.04. The van der Waals surface area contributed by atoms with E-state index in [1.807, 2.05) is 19.1 Å². The Morgan fingerprint density at radius 2 is 1.65 bits per heavy atom. The number of benzene rings is 2. The van der Waals surface area contributed by atoms with Crippen LogP contribution in [0.25, 0.3) is 5.69 Å². The lowest BCUT2D eigenvalue weighted by Crippen LogP contribution is -2.15. The van der Waals surface area contributed by atoms with Crippen molar-refractivity contribution in [2.24, 2.45) is 0 Å². The van der Waals surface area contributed by atoms with Crippen LogP contribution in [0.1, 0.15) is 23.9 Å². The Hall–Kier alpha value is -2.67. The molecule has 0 bridgehead atoms. The summed E-state index contributed by atoms with van der Waals surface area (Å²) in [6.45, 7) is 5.36. The Balaban J connectivity index is 1.98. The van der Waals surface area contributed by atoms with Gasteiger partial charge in [0.2, 0.25) is 0 Å². The highest BCUT2D eigenvalue weighted by Crippen LogP contribution is 2.25. The lowest BCUT2D eigenvalue weighted by molar-refractivity contribution is 0.600. The quantitative estimate of drug-likeness (QED) is 0.735. The number of sulfonamides is 1. The molecule has 1 N–H and O–H groups in total. The van der Waals surface area contributed by atoms with E-state index in [4.69, 9.17) is 0 Å². The third-order valence-electron chi connectivity index (χ3n) is 4.18. The van der Waals surface area contributed by atoms with Gasteiger partial charge in [-0.2, -0.15) is 5.10 Å². The van der Waals surface area contributed by atoms with Crippen molar-refractivity contribution >= 4 is 15.7 Å². The van der Waals surface area contributed by atoms with Crippen molar-refractivity contribution in [2.75, 3.05) is 4.72 Å². The van der Waals surface area contributed by atoms with Crippen molar-refractivity contribution in [3.8, 4) is 5.69 Å². The third-order valence-corrected chi connectivity index (χ3v) is 5.81. The van der Waals surface area contributed by atoms with E-state index in [-0.39, 0.29) is 10.7 Å². The van der Waals surface area contributed by atoms with E-state index in [1.165, 1.54) is 16.8 Å². The molecule has 1 aromatic heterocycles. The normalized spacial score (nSPS) is 11.5. The molecule has 3 rings (SSSR count). The van der Waals surface area contributed by atoms with Crippen LogP contribution >= 0.6 is 0 Å². The van der Waals surface area contributed by atoms with Crippen molar-refractivity contribution in [1.29, 1.82) is 0 Å².